The Labute approximate surface area is 156 Å². The minimum atomic E-state index is -0.204. The fourth-order valence-corrected chi connectivity index (χ4v) is 4.07. The van der Waals surface area contributed by atoms with E-state index in [2.05, 4.69) is 15.3 Å². The van der Waals surface area contributed by atoms with Crippen molar-refractivity contribution in [2.75, 3.05) is 40.0 Å². The van der Waals surface area contributed by atoms with E-state index in [4.69, 9.17) is 9.47 Å². The summed E-state index contributed by atoms with van der Waals surface area (Å²) in [7, 11) is 1.72. The number of hydrogen-bond acceptors (Lipinski definition) is 5. The van der Waals surface area contributed by atoms with Gasteiger partial charge in [-0.3, -0.25) is 9.48 Å². The molecule has 0 saturated carbocycles. The van der Waals surface area contributed by atoms with Crippen LogP contribution in [0, 0.1) is 0 Å². The second-order valence-corrected chi connectivity index (χ2v) is 7.41. The third kappa shape index (κ3) is 4.64. The Morgan fingerprint density at radius 2 is 2.12 bits per heavy atom. The molecule has 1 N–H and O–H groups in total. The number of carbonyl (C=O) groups is 1. The number of aromatic nitrogens is 2. The highest BCUT2D eigenvalue weighted by atomic mass is 16.5. The average Bonchev–Trinajstić information content (AvgIpc) is 3.17. The lowest BCUT2D eigenvalue weighted by Crippen LogP contribution is -2.57. The maximum atomic E-state index is 12.7. The summed E-state index contributed by atoms with van der Waals surface area (Å²) in [4.78, 5) is 15.3. The zero-order valence-electron chi connectivity index (χ0n) is 16.1. The summed E-state index contributed by atoms with van der Waals surface area (Å²) in [6.45, 7) is 7.19. The smallest absolute Gasteiger partial charge is 0.272 e. The van der Waals surface area contributed by atoms with Gasteiger partial charge in [0.15, 0.2) is 0 Å². The van der Waals surface area contributed by atoms with Crippen LogP contribution in [-0.4, -0.2) is 72.2 Å². The number of likely N-dealkylation sites (tertiary alicyclic amines) is 1. The van der Waals surface area contributed by atoms with Crippen LogP contribution in [0.15, 0.2) is 12.3 Å². The molecule has 0 atom stereocenters. The molecule has 26 heavy (non-hydrogen) atoms. The van der Waals surface area contributed by atoms with E-state index < -0.39 is 0 Å². The first-order valence-corrected chi connectivity index (χ1v) is 9.82. The number of piperidine rings is 1. The van der Waals surface area contributed by atoms with Gasteiger partial charge in [0.1, 0.15) is 5.69 Å². The molecule has 0 spiro atoms. The summed E-state index contributed by atoms with van der Waals surface area (Å²) in [5.41, 5.74) is 0.292. The van der Waals surface area contributed by atoms with Crippen molar-refractivity contribution in [2.45, 2.75) is 57.2 Å². The second kappa shape index (κ2) is 8.97. The molecule has 2 aliphatic rings. The molecule has 2 fully saturated rings. The van der Waals surface area contributed by atoms with Gasteiger partial charge in [0.05, 0.1) is 0 Å². The fraction of sp³-hybridized carbons (Fsp3) is 0.789. The summed E-state index contributed by atoms with van der Waals surface area (Å²) >= 11 is 0. The summed E-state index contributed by atoms with van der Waals surface area (Å²) < 4.78 is 12.6. The van der Waals surface area contributed by atoms with Crippen LogP contribution in [0.2, 0.25) is 0 Å². The van der Waals surface area contributed by atoms with Gasteiger partial charge in [0, 0.05) is 64.3 Å². The summed E-state index contributed by atoms with van der Waals surface area (Å²) in [6, 6.07) is 2.42. The normalized spacial score (nSPS) is 21.6. The zero-order valence-corrected chi connectivity index (χ0v) is 16.1. The molecule has 1 aromatic rings. The van der Waals surface area contributed by atoms with E-state index in [9.17, 15) is 4.79 Å². The first-order chi connectivity index (χ1) is 12.7. The Morgan fingerprint density at radius 1 is 1.38 bits per heavy atom. The van der Waals surface area contributed by atoms with Crippen LogP contribution in [0.4, 0.5) is 0 Å². The number of nitrogens with zero attached hydrogens (tertiary/aromatic N) is 3. The van der Waals surface area contributed by atoms with Crippen molar-refractivity contribution in [3.63, 3.8) is 0 Å². The van der Waals surface area contributed by atoms with Crippen molar-refractivity contribution in [1.82, 2.24) is 20.0 Å². The monoisotopic (exact) mass is 364 g/mol. The summed E-state index contributed by atoms with van der Waals surface area (Å²) in [5, 5.41) is 7.64. The number of ether oxygens (including phenoxy) is 2. The Bertz CT molecular complexity index is 575. The lowest BCUT2D eigenvalue weighted by molar-refractivity contribution is 0.00964. The molecule has 1 aromatic heterocycles. The molecule has 0 aliphatic carbocycles. The number of nitrogens with one attached hydrogen (secondary N) is 1. The standard InChI is InChI=1S/C19H32N4O3/c1-3-23-10-4-17(21-23)18(24)20-19(9-15-25-2)7-11-22(12-8-19)16-5-13-26-14-6-16/h4,10,16H,3,5-9,11-15H2,1-2H3,(H,20,24). The Kier molecular flexibility index (Phi) is 6.67. The highest BCUT2D eigenvalue weighted by Crippen LogP contribution is 2.29. The number of aryl methyl sites for hydroxylation is 1. The van der Waals surface area contributed by atoms with Crippen LogP contribution in [-0.2, 0) is 16.0 Å². The molecule has 3 heterocycles. The minimum absolute atomic E-state index is 0.0761. The second-order valence-electron chi connectivity index (χ2n) is 7.41. The predicted molar refractivity (Wildman–Crippen MR) is 99.2 cm³/mol. The molecule has 1 amide bonds. The maximum Gasteiger partial charge on any atom is 0.272 e. The van der Waals surface area contributed by atoms with Gasteiger partial charge in [-0.25, -0.2) is 0 Å². The predicted octanol–water partition coefficient (Wildman–Crippen LogP) is 1.68. The topological polar surface area (TPSA) is 68.6 Å². The van der Waals surface area contributed by atoms with E-state index in [-0.39, 0.29) is 11.4 Å². The average molecular weight is 364 g/mol. The van der Waals surface area contributed by atoms with Crippen molar-refractivity contribution >= 4 is 5.91 Å². The first-order valence-electron chi connectivity index (χ1n) is 9.82. The van der Waals surface area contributed by atoms with Crippen molar-refractivity contribution in [1.29, 1.82) is 0 Å². The molecule has 2 aliphatic heterocycles. The van der Waals surface area contributed by atoms with Crippen molar-refractivity contribution in [3.05, 3.63) is 18.0 Å². The molecule has 0 unspecified atom stereocenters. The van der Waals surface area contributed by atoms with Gasteiger partial charge in [-0.1, -0.05) is 0 Å². The molecular weight excluding hydrogens is 332 g/mol. The van der Waals surface area contributed by atoms with Crippen LogP contribution in [0.3, 0.4) is 0 Å². The lowest BCUT2D eigenvalue weighted by atomic mass is 9.83. The van der Waals surface area contributed by atoms with E-state index in [1.165, 1.54) is 0 Å². The first kappa shape index (κ1) is 19.3. The summed E-state index contributed by atoms with van der Waals surface area (Å²) in [6.07, 6.45) is 6.83. The van der Waals surface area contributed by atoms with Gasteiger partial charge < -0.3 is 19.7 Å². The molecule has 7 nitrogen and oxygen atoms in total. The maximum absolute atomic E-state index is 12.7. The molecule has 0 radical (unpaired) electrons. The van der Waals surface area contributed by atoms with Gasteiger partial charge in [0.25, 0.3) is 5.91 Å². The number of rotatable bonds is 7. The SMILES string of the molecule is CCn1ccc(C(=O)NC2(CCOC)CCN(C3CCOCC3)CC2)n1. The quantitative estimate of drug-likeness (QED) is 0.797. The zero-order chi connectivity index (χ0) is 18.4. The van der Waals surface area contributed by atoms with Gasteiger partial charge in [0.2, 0.25) is 0 Å². The number of hydrogen-bond donors (Lipinski definition) is 1. The van der Waals surface area contributed by atoms with Crippen LogP contribution in [0.1, 0.15) is 49.5 Å². The molecule has 146 valence electrons. The molecule has 3 rings (SSSR count). The molecule has 2 saturated heterocycles. The minimum Gasteiger partial charge on any atom is -0.385 e. The van der Waals surface area contributed by atoms with Crippen molar-refractivity contribution in [3.8, 4) is 0 Å². The fourth-order valence-electron chi connectivity index (χ4n) is 4.07. The van der Waals surface area contributed by atoms with Crippen LogP contribution in [0.25, 0.3) is 0 Å². The van der Waals surface area contributed by atoms with E-state index in [0.717, 1.165) is 65.0 Å². The van der Waals surface area contributed by atoms with Gasteiger partial charge in [-0.2, -0.15) is 5.10 Å². The number of methoxy groups -OCH3 is 1. The third-order valence-corrected chi connectivity index (χ3v) is 5.82. The third-order valence-electron chi connectivity index (χ3n) is 5.82. The van der Waals surface area contributed by atoms with E-state index in [1.54, 1.807) is 17.9 Å². The number of carbonyl (C=O) groups excluding carboxylic acids is 1. The van der Waals surface area contributed by atoms with E-state index >= 15 is 0 Å². The van der Waals surface area contributed by atoms with Gasteiger partial charge >= 0.3 is 0 Å². The van der Waals surface area contributed by atoms with E-state index in [1.807, 2.05) is 13.1 Å². The molecule has 0 bridgehead atoms. The van der Waals surface area contributed by atoms with Gasteiger partial charge in [-0.15, -0.1) is 0 Å². The highest BCUT2D eigenvalue weighted by molar-refractivity contribution is 5.92. The van der Waals surface area contributed by atoms with Crippen LogP contribution in [0.5, 0.6) is 0 Å². The number of amides is 1. The largest absolute Gasteiger partial charge is 0.385 e. The molecular formula is C19H32N4O3. The Hall–Kier alpha value is -1.44. The molecule has 0 aromatic carbocycles. The Balaban J connectivity index is 1.62. The lowest BCUT2D eigenvalue weighted by Gasteiger charge is -2.45. The Morgan fingerprint density at radius 3 is 2.73 bits per heavy atom. The highest BCUT2D eigenvalue weighted by Gasteiger charge is 2.38. The van der Waals surface area contributed by atoms with Crippen molar-refractivity contribution < 1.29 is 14.3 Å². The molecule has 7 heteroatoms. The van der Waals surface area contributed by atoms with Crippen molar-refractivity contribution in [2.24, 2.45) is 0 Å². The van der Waals surface area contributed by atoms with E-state index in [0.29, 0.717) is 18.3 Å². The van der Waals surface area contributed by atoms with Gasteiger partial charge in [-0.05, 0) is 45.1 Å². The summed E-state index contributed by atoms with van der Waals surface area (Å²) in [5.74, 6) is -0.0761. The van der Waals surface area contributed by atoms with Crippen LogP contribution >= 0.6 is 0 Å². The van der Waals surface area contributed by atoms with Crippen LogP contribution < -0.4 is 5.32 Å².